The highest BCUT2D eigenvalue weighted by Crippen LogP contribution is 2.22. The van der Waals surface area contributed by atoms with Crippen molar-refractivity contribution in [3.63, 3.8) is 0 Å². The van der Waals surface area contributed by atoms with E-state index in [1.165, 1.54) is 11.3 Å². The van der Waals surface area contributed by atoms with E-state index in [1.54, 1.807) is 42.8 Å². The van der Waals surface area contributed by atoms with E-state index < -0.39 is 0 Å². The normalized spacial score (nSPS) is 11.3. The summed E-state index contributed by atoms with van der Waals surface area (Å²) in [5.41, 5.74) is 1.16. The Morgan fingerprint density at radius 2 is 1.92 bits per heavy atom. The Bertz CT molecular complexity index is 796. The fourth-order valence-electron chi connectivity index (χ4n) is 2.25. The van der Waals surface area contributed by atoms with Crippen LogP contribution in [0, 0.1) is 11.3 Å². The van der Waals surface area contributed by atoms with Crippen molar-refractivity contribution in [3.05, 3.63) is 41.3 Å². The van der Waals surface area contributed by atoms with Crippen LogP contribution < -0.4 is 20.3 Å². The minimum absolute atomic E-state index is 0.127. The summed E-state index contributed by atoms with van der Waals surface area (Å²) in [6.07, 6.45) is 0.268. The van der Waals surface area contributed by atoms with Crippen LogP contribution in [0.1, 0.15) is 12.0 Å². The summed E-state index contributed by atoms with van der Waals surface area (Å²) < 4.78 is 5.07. The number of ether oxygens (including phenoxy) is 1. The molecular formula is C18H21N4O3S+. The van der Waals surface area contributed by atoms with Crippen LogP contribution >= 0.6 is 11.3 Å². The molecule has 26 heavy (non-hydrogen) atoms. The molecule has 1 aromatic heterocycles. The number of amides is 2. The van der Waals surface area contributed by atoms with Crippen LogP contribution in [-0.2, 0) is 9.59 Å². The van der Waals surface area contributed by atoms with Gasteiger partial charge in [-0.15, -0.1) is 11.3 Å². The summed E-state index contributed by atoms with van der Waals surface area (Å²) in [6.45, 7) is 0.761. The summed E-state index contributed by atoms with van der Waals surface area (Å²) in [4.78, 5) is 25.0. The predicted octanol–water partition coefficient (Wildman–Crippen LogP) is 1.11. The molecule has 136 valence electrons. The number of quaternary nitrogens is 1. The number of methoxy groups -OCH3 is 1. The molecule has 0 fully saturated rings. The Morgan fingerprint density at radius 1 is 1.19 bits per heavy atom. The molecule has 2 rings (SSSR count). The summed E-state index contributed by atoms with van der Waals surface area (Å²) in [5, 5.41) is 16.8. The van der Waals surface area contributed by atoms with E-state index in [4.69, 9.17) is 10.00 Å². The van der Waals surface area contributed by atoms with Gasteiger partial charge in [0, 0.05) is 5.69 Å². The fraction of sp³-hybridized carbons (Fsp3) is 0.278. The lowest BCUT2D eigenvalue weighted by Crippen LogP contribution is -3.10. The number of nitrogens with zero attached hydrogens (tertiary/aromatic N) is 1. The standard InChI is InChI=1S/C18H20N4O3S/c1-22(9-7-16(23)21-18-13(11-19)8-10-26-18)12-17(24)20-14-3-5-15(25-2)6-4-14/h3-6,8,10H,7,9,12H2,1-2H3,(H,20,24)(H,21,23)/p+1. The molecule has 0 spiro atoms. The highest BCUT2D eigenvalue weighted by atomic mass is 32.1. The molecule has 7 nitrogen and oxygen atoms in total. The zero-order chi connectivity index (χ0) is 18.9. The van der Waals surface area contributed by atoms with Gasteiger partial charge < -0.3 is 20.3 Å². The largest absolute Gasteiger partial charge is 0.497 e. The fourth-order valence-corrected chi connectivity index (χ4v) is 3.01. The van der Waals surface area contributed by atoms with Crippen molar-refractivity contribution in [2.24, 2.45) is 0 Å². The van der Waals surface area contributed by atoms with Gasteiger partial charge >= 0.3 is 0 Å². The molecule has 0 radical (unpaired) electrons. The summed E-state index contributed by atoms with van der Waals surface area (Å²) in [6, 6.07) is 10.8. The molecule has 0 saturated carbocycles. The van der Waals surface area contributed by atoms with Gasteiger partial charge in [-0.05, 0) is 35.7 Å². The van der Waals surface area contributed by atoms with Gasteiger partial charge in [0.05, 0.1) is 32.7 Å². The maximum atomic E-state index is 12.1. The van der Waals surface area contributed by atoms with Gasteiger partial charge in [-0.2, -0.15) is 5.26 Å². The monoisotopic (exact) mass is 373 g/mol. The van der Waals surface area contributed by atoms with E-state index in [0.29, 0.717) is 22.8 Å². The molecule has 0 saturated heterocycles. The third-order valence-corrected chi connectivity index (χ3v) is 4.48. The Labute approximate surface area is 156 Å². The Kier molecular flexibility index (Phi) is 7.14. The van der Waals surface area contributed by atoms with Gasteiger partial charge in [0.25, 0.3) is 5.91 Å². The molecule has 2 amide bonds. The molecule has 0 aliphatic heterocycles. The van der Waals surface area contributed by atoms with Gasteiger partial charge in [0.2, 0.25) is 5.91 Å². The maximum absolute atomic E-state index is 12.1. The summed E-state index contributed by atoms with van der Waals surface area (Å²) >= 11 is 1.32. The van der Waals surface area contributed by atoms with E-state index in [0.717, 1.165) is 10.6 Å². The third kappa shape index (κ3) is 5.88. The number of nitrogens with one attached hydrogen (secondary N) is 3. The van der Waals surface area contributed by atoms with Crippen LogP contribution in [0.25, 0.3) is 0 Å². The molecule has 2 aromatic rings. The van der Waals surface area contributed by atoms with Crippen molar-refractivity contribution < 1.29 is 19.2 Å². The number of nitriles is 1. The molecule has 1 atom stereocenters. The zero-order valence-corrected chi connectivity index (χ0v) is 15.5. The summed E-state index contributed by atoms with van der Waals surface area (Å²) in [5.74, 6) is 0.430. The molecule has 1 heterocycles. The molecule has 0 bridgehead atoms. The van der Waals surface area contributed by atoms with E-state index in [9.17, 15) is 9.59 Å². The number of benzene rings is 1. The highest BCUT2D eigenvalue weighted by Gasteiger charge is 2.14. The number of hydrogen-bond donors (Lipinski definition) is 3. The van der Waals surface area contributed by atoms with Crippen molar-refractivity contribution in [1.29, 1.82) is 5.26 Å². The number of carbonyl (C=O) groups is 2. The first-order valence-electron chi connectivity index (χ1n) is 8.04. The summed E-state index contributed by atoms with van der Waals surface area (Å²) in [7, 11) is 3.44. The number of thiophene rings is 1. The van der Waals surface area contributed by atoms with E-state index in [1.807, 2.05) is 13.1 Å². The quantitative estimate of drug-likeness (QED) is 0.646. The van der Waals surface area contributed by atoms with Crippen LogP contribution in [0.15, 0.2) is 35.7 Å². The molecule has 8 heteroatoms. The van der Waals surface area contributed by atoms with Crippen LogP contribution in [0.3, 0.4) is 0 Å². The van der Waals surface area contributed by atoms with Crippen molar-refractivity contribution >= 4 is 33.8 Å². The minimum atomic E-state index is -0.168. The van der Waals surface area contributed by atoms with Gasteiger partial charge in [-0.1, -0.05) is 0 Å². The number of rotatable bonds is 8. The van der Waals surface area contributed by atoms with E-state index in [-0.39, 0.29) is 24.8 Å². The van der Waals surface area contributed by atoms with Crippen LogP contribution in [0.5, 0.6) is 5.75 Å². The van der Waals surface area contributed by atoms with E-state index >= 15 is 0 Å². The molecular weight excluding hydrogens is 352 g/mol. The molecule has 1 unspecified atom stereocenters. The average molecular weight is 373 g/mol. The van der Waals surface area contributed by atoms with Gasteiger partial charge in [-0.25, -0.2) is 0 Å². The Hall–Kier alpha value is -2.89. The van der Waals surface area contributed by atoms with Crippen LogP contribution in [0.4, 0.5) is 10.7 Å². The van der Waals surface area contributed by atoms with Crippen molar-refractivity contribution in [2.45, 2.75) is 6.42 Å². The SMILES string of the molecule is COc1ccc(NC(=O)C[NH+](C)CCC(=O)Nc2sccc2C#N)cc1. The first kappa shape index (κ1) is 19.4. The number of hydrogen-bond acceptors (Lipinski definition) is 5. The second-order valence-electron chi connectivity index (χ2n) is 5.73. The van der Waals surface area contributed by atoms with Crippen molar-refractivity contribution in [2.75, 3.05) is 37.9 Å². The van der Waals surface area contributed by atoms with Crippen LogP contribution in [0.2, 0.25) is 0 Å². The van der Waals surface area contributed by atoms with Crippen LogP contribution in [-0.4, -0.2) is 39.1 Å². The lowest BCUT2D eigenvalue weighted by atomic mass is 10.3. The van der Waals surface area contributed by atoms with Crippen molar-refractivity contribution in [3.8, 4) is 11.8 Å². The lowest BCUT2D eigenvalue weighted by molar-refractivity contribution is -0.870. The molecule has 1 aromatic carbocycles. The smallest absolute Gasteiger partial charge is 0.279 e. The topological polar surface area (TPSA) is 95.7 Å². The molecule has 0 aliphatic rings. The second-order valence-corrected chi connectivity index (χ2v) is 6.65. The minimum Gasteiger partial charge on any atom is -0.497 e. The number of carbonyl (C=O) groups excluding carboxylic acids is 2. The second kappa shape index (κ2) is 9.56. The highest BCUT2D eigenvalue weighted by molar-refractivity contribution is 7.14. The average Bonchev–Trinajstić information content (AvgIpc) is 3.07. The number of likely N-dealkylation sites (N-methyl/N-ethyl adjacent to an activating group) is 1. The van der Waals surface area contributed by atoms with Gasteiger partial charge in [0.15, 0.2) is 6.54 Å². The Balaban J connectivity index is 1.73. The first-order valence-corrected chi connectivity index (χ1v) is 8.92. The molecule has 3 N–H and O–H groups in total. The number of anilines is 2. The van der Waals surface area contributed by atoms with Gasteiger partial charge in [-0.3, -0.25) is 9.59 Å². The Morgan fingerprint density at radius 3 is 2.58 bits per heavy atom. The van der Waals surface area contributed by atoms with Gasteiger partial charge in [0.1, 0.15) is 16.8 Å². The zero-order valence-electron chi connectivity index (χ0n) is 14.7. The third-order valence-electron chi connectivity index (χ3n) is 3.65. The van der Waals surface area contributed by atoms with E-state index in [2.05, 4.69) is 10.6 Å². The maximum Gasteiger partial charge on any atom is 0.279 e. The molecule has 0 aliphatic carbocycles. The lowest BCUT2D eigenvalue weighted by Gasteiger charge is -2.14. The van der Waals surface area contributed by atoms with Crippen molar-refractivity contribution in [1.82, 2.24) is 0 Å². The predicted molar refractivity (Wildman–Crippen MR) is 101 cm³/mol. The first-order chi connectivity index (χ1) is 12.5.